The molecular weight excluding hydrogens is 564 g/mol. The van der Waals surface area contributed by atoms with Gasteiger partial charge in [0, 0.05) is 25.0 Å². The lowest BCUT2D eigenvalue weighted by Crippen LogP contribution is -2.69. The van der Waals surface area contributed by atoms with E-state index in [4.69, 9.17) is 4.74 Å². The first-order valence-electron chi connectivity index (χ1n) is 17.7. The topological polar surface area (TPSA) is 95.9 Å². The van der Waals surface area contributed by atoms with Crippen molar-refractivity contribution in [3.05, 3.63) is 12.2 Å². The van der Waals surface area contributed by atoms with Crippen LogP contribution in [0.15, 0.2) is 12.2 Å². The van der Waals surface area contributed by atoms with Crippen molar-refractivity contribution < 1.29 is 24.2 Å². The first-order chi connectivity index (χ1) is 20.7. The van der Waals surface area contributed by atoms with Gasteiger partial charge in [-0.15, -0.1) is 0 Å². The number of fused-ring (bicyclic) bond motifs is 7. The number of carboxylic acids is 1. The van der Waals surface area contributed by atoms with Gasteiger partial charge < -0.3 is 20.1 Å². The summed E-state index contributed by atoms with van der Waals surface area (Å²) in [6.07, 6.45) is 10.5. The van der Waals surface area contributed by atoms with Gasteiger partial charge in [-0.3, -0.25) is 9.59 Å². The number of carbonyl (C=O) groups is 3. The summed E-state index contributed by atoms with van der Waals surface area (Å²) >= 11 is 0. The van der Waals surface area contributed by atoms with E-state index in [1.807, 2.05) is 14.1 Å². The van der Waals surface area contributed by atoms with E-state index >= 15 is 0 Å². The van der Waals surface area contributed by atoms with Crippen LogP contribution in [0.25, 0.3) is 0 Å². The summed E-state index contributed by atoms with van der Waals surface area (Å²) in [5.74, 6) is 1.05. The van der Waals surface area contributed by atoms with Crippen molar-refractivity contribution >= 4 is 18.0 Å². The molecule has 5 fully saturated rings. The molecule has 0 aliphatic heterocycles. The second-order valence-corrected chi connectivity index (χ2v) is 18.4. The zero-order valence-electron chi connectivity index (χ0n) is 30.0. The van der Waals surface area contributed by atoms with E-state index in [0.717, 1.165) is 44.9 Å². The molecule has 7 heteroatoms. The van der Waals surface area contributed by atoms with Crippen LogP contribution >= 0.6 is 0 Å². The van der Waals surface area contributed by atoms with Gasteiger partial charge in [-0.05, 0) is 131 Å². The Morgan fingerprint density at radius 1 is 0.889 bits per heavy atom. The first-order valence-corrected chi connectivity index (χ1v) is 17.7. The molecule has 0 aromatic rings. The normalized spacial score (nSPS) is 43.5. The van der Waals surface area contributed by atoms with Crippen molar-refractivity contribution in [2.24, 2.45) is 56.7 Å². The summed E-state index contributed by atoms with van der Waals surface area (Å²) in [6.45, 7) is 22.2. The number of hydrogen-bond acceptors (Lipinski definition) is 4. The number of hydrogen-bond donors (Lipinski definition) is 2. The number of carboxylic acid groups (broad SMARTS) is 1. The number of esters is 1. The van der Waals surface area contributed by atoms with Gasteiger partial charge in [-0.1, -0.05) is 46.8 Å². The molecule has 5 aliphatic rings. The molecule has 0 unspecified atom stereocenters. The van der Waals surface area contributed by atoms with E-state index in [-0.39, 0.29) is 45.8 Å². The number of nitrogens with zero attached hydrogens (tertiary/aromatic N) is 1. The number of urea groups is 1. The van der Waals surface area contributed by atoms with Crippen LogP contribution in [0.3, 0.4) is 0 Å². The monoisotopic (exact) mass is 626 g/mol. The van der Waals surface area contributed by atoms with Crippen LogP contribution in [0.4, 0.5) is 4.79 Å². The second-order valence-electron chi connectivity index (χ2n) is 18.4. The third kappa shape index (κ3) is 5.07. The Bertz CT molecular complexity index is 1240. The predicted octanol–water partition coefficient (Wildman–Crippen LogP) is 8.08. The summed E-state index contributed by atoms with van der Waals surface area (Å²) < 4.78 is 6.15. The number of amides is 2. The molecule has 0 bridgehead atoms. The standard InChI is InChI=1S/C38H62N2O5/c1-23(2)24-14-19-38(39-32(44)40(10)11)21-20-36(8)25(30(24)38)12-13-27-35(7)17-16-28(45-29(41)22-33(3,4)31(42)43)34(5,6)26(35)15-18-37(27,36)9/h24-28,30H,1,12-22H2,2-11H3,(H,39,44)(H,42,43)/t24-,25+,26-,27+,28-,30+,35-,36+,37+,38-/m0/s1. The summed E-state index contributed by atoms with van der Waals surface area (Å²) in [7, 11) is 3.69. The number of aliphatic carboxylic acids is 1. The van der Waals surface area contributed by atoms with E-state index in [9.17, 15) is 19.5 Å². The molecule has 2 amide bonds. The van der Waals surface area contributed by atoms with Gasteiger partial charge in [0.05, 0.1) is 11.8 Å². The minimum absolute atomic E-state index is 0.0325. The second kappa shape index (κ2) is 11.0. The molecule has 5 rings (SSSR count). The van der Waals surface area contributed by atoms with Gasteiger partial charge in [0.2, 0.25) is 0 Å². The largest absolute Gasteiger partial charge is 0.481 e. The van der Waals surface area contributed by atoms with Crippen LogP contribution < -0.4 is 5.32 Å². The zero-order chi connectivity index (χ0) is 33.5. The highest BCUT2D eigenvalue weighted by atomic mass is 16.5. The van der Waals surface area contributed by atoms with Crippen LogP contribution in [0, 0.1) is 56.7 Å². The average molecular weight is 627 g/mol. The Morgan fingerprint density at radius 3 is 2.16 bits per heavy atom. The summed E-state index contributed by atoms with van der Waals surface area (Å²) in [5, 5.41) is 13.1. The molecule has 5 saturated carbocycles. The molecule has 2 N–H and O–H groups in total. The quantitative estimate of drug-likeness (QED) is 0.230. The molecule has 0 aromatic heterocycles. The lowest BCUT2D eigenvalue weighted by molar-refractivity contribution is -0.246. The molecule has 5 aliphatic carbocycles. The van der Waals surface area contributed by atoms with Gasteiger partial charge in [0.15, 0.2) is 0 Å². The van der Waals surface area contributed by atoms with Crippen LogP contribution in [0.5, 0.6) is 0 Å². The molecular formula is C38H62N2O5. The first kappa shape index (κ1) is 34.3. The van der Waals surface area contributed by atoms with Gasteiger partial charge in [0.25, 0.3) is 0 Å². The Balaban J connectivity index is 1.42. The third-order valence-electron chi connectivity index (χ3n) is 15.2. The summed E-state index contributed by atoms with van der Waals surface area (Å²) in [4.78, 5) is 39.5. The van der Waals surface area contributed by atoms with E-state index in [2.05, 4.69) is 53.4 Å². The highest BCUT2D eigenvalue weighted by Crippen LogP contribution is 2.76. The highest BCUT2D eigenvalue weighted by molar-refractivity contribution is 5.81. The number of rotatable bonds is 6. The minimum atomic E-state index is -1.14. The molecule has 7 nitrogen and oxygen atoms in total. The third-order valence-corrected chi connectivity index (χ3v) is 15.2. The Hall–Kier alpha value is -2.05. The molecule has 0 saturated heterocycles. The highest BCUT2D eigenvalue weighted by Gasteiger charge is 2.71. The average Bonchev–Trinajstić information content (AvgIpc) is 3.30. The fourth-order valence-electron chi connectivity index (χ4n) is 12.5. The molecule has 0 radical (unpaired) electrons. The number of nitrogens with one attached hydrogen (secondary N) is 1. The van der Waals surface area contributed by atoms with Crippen LogP contribution in [0.1, 0.15) is 126 Å². The SMILES string of the molecule is C=C(C)[C@@H]1CC[C@]2(NC(=O)N(C)C)CC[C@]3(C)[C@H](CC[C@@H]4[C@@]5(C)CC[C@H](OC(=O)CC(C)(C)C(=O)O)C(C)(C)[C@@H]5CC[C@]43C)[C@@H]12. The molecule has 0 heterocycles. The Labute approximate surface area is 272 Å². The molecule has 10 atom stereocenters. The van der Waals surface area contributed by atoms with Crippen LogP contribution in [-0.4, -0.2) is 53.7 Å². The lowest BCUT2D eigenvalue weighted by atomic mass is 9.32. The molecule has 0 aromatic carbocycles. The van der Waals surface area contributed by atoms with Crippen LogP contribution in [-0.2, 0) is 14.3 Å². The van der Waals surface area contributed by atoms with E-state index < -0.39 is 17.4 Å². The summed E-state index contributed by atoms with van der Waals surface area (Å²) in [5.41, 5.74) is 0.295. The smallest absolute Gasteiger partial charge is 0.317 e. The minimum Gasteiger partial charge on any atom is -0.481 e. The van der Waals surface area contributed by atoms with E-state index in [0.29, 0.717) is 29.6 Å². The maximum Gasteiger partial charge on any atom is 0.317 e. The molecule has 0 spiro atoms. The van der Waals surface area contributed by atoms with Crippen LogP contribution in [0.2, 0.25) is 0 Å². The van der Waals surface area contributed by atoms with Crippen molar-refractivity contribution in [2.75, 3.05) is 14.1 Å². The Kier molecular flexibility index (Phi) is 8.39. The van der Waals surface area contributed by atoms with E-state index in [1.165, 1.54) is 24.8 Å². The lowest BCUT2D eigenvalue weighted by Gasteiger charge is -2.73. The number of carbonyl (C=O) groups excluding carboxylic acids is 2. The predicted molar refractivity (Wildman–Crippen MR) is 177 cm³/mol. The molecule has 45 heavy (non-hydrogen) atoms. The van der Waals surface area contributed by atoms with Gasteiger partial charge in [-0.25, -0.2) is 4.79 Å². The van der Waals surface area contributed by atoms with Crippen molar-refractivity contribution in [1.82, 2.24) is 10.2 Å². The Morgan fingerprint density at radius 2 is 1.56 bits per heavy atom. The maximum absolute atomic E-state index is 13.1. The zero-order valence-corrected chi connectivity index (χ0v) is 30.0. The van der Waals surface area contributed by atoms with Gasteiger partial charge in [0.1, 0.15) is 6.10 Å². The fourth-order valence-corrected chi connectivity index (χ4v) is 12.5. The van der Waals surface area contributed by atoms with Crippen molar-refractivity contribution in [2.45, 2.75) is 138 Å². The summed E-state index contributed by atoms with van der Waals surface area (Å²) in [6, 6.07) is 0.0325. The number of ether oxygens (including phenoxy) is 1. The van der Waals surface area contributed by atoms with Gasteiger partial charge >= 0.3 is 18.0 Å². The van der Waals surface area contributed by atoms with Crippen molar-refractivity contribution in [1.29, 1.82) is 0 Å². The maximum atomic E-state index is 13.1. The van der Waals surface area contributed by atoms with Gasteiger partial charge in [-0.2, -0.15) is 0 Å². The fraction of sp³-hybridized carbons (Fsp3) is 0.868. The van der Waals surface area contributed by atoms with E-state index in [1.54, 1.807) is 18.7 Å². The van der Waals surface area contributed by atoms with Crippen molar-refractivity contribution in [3.8, 4) is 0 Å². The molecule has 254 valence electrons. The van der Waals surface area contributed by atoms with Crippen molar-refractivity contribution in [3.63, 3.8) is 0 Å². The number of allylic oxidation sites excluding steroid dienone is 1.